The number of benzene rings is 1. The van der Waals surface area contributed by atoms with Crippen molar-refractivity contribution in [3.8, 4) is 17.1 Å². The molecule has 0 radical (unpaired) electrons. The van der Waals surface area contributed by atoms with E-state index in [4.69, 9.17) is 0 Å². The fourth-order valence-corrected chi connectivity index (χ4v) is 3.43. The molecular formula is C20H17N7O. The quantitative estimate of drug-likeness (QED) is 0.526. The van der Waals surface area contributed by atoms with Crippen molar-refractivity contribution >= 4 is 16.6 Å². The van der Waals surface area contributed by atoms with Crippen molar-refractivity contribution in [1.29, 1.82) is 0 Å². The molecular weight excluding hydrogens is 354 g/mol. The Balaban J connectivity index is 1.76. The van der Waals surface area contributed by atoms with Gasteiger partial charge in [-0.2, -0.15) is 10.1 Å². The summed E-state index contributed by atoms with van der Waals surface area (Å²) in [5, 5.41) is 12.1. The van der Waals surface area contributed by atoms with E-state index < -0.39 is 0 Å². The van der Waals surface area contributed by atoms with Crippen LogP contribution in [0.3, 0.4) is 0 Å². The number of aromatic nitrogens is 7. The van der Waals surface area contributed by atoms with Gasteiger partial charge in [-0.15, -0.1) is 5.10 Å². The Morgan fingerprint density at radius 3 is 2.71 bits per heavy atom. The molecule has 0 saturated heterocycles. The smallest absolute Gasteiger partial charge is 0.268 e. The van der Waals surface area contributed by atoms with E-state index in [0.29, 0.717) is 23.3 Å². The number of nitrogens with one attached hydrogen (secondary N) is 1. The molecule has 0 aliphatic carbocycles. The molecule has 0 saturated carbocycles. The van der Waals surface area contributed by atoms with E-state index in [1.165, 1.54) is 4.57 Å². The van der Waals surface area contributed by atoms with E-state index in [1.807, 2.05) is 50.2 Å². The highest BCUT2D eigenvalue weighted by molar-refractivity contribution is 5.86. The molecule has 28 heavy (non-hydrogen) atoms. The minimum absolute atomic E-state index is 0.233. The van der Waals surface area contributed by atoms with Crippen LogP contribution in [0, 0.1) is 6.92 Å². The second-order valence-electron chi connectivity index (χ2n) is 6.55. The van der Waals surface area contributed by atoms with Crippen LogP contribution in [0.1, 0.15) is 18.4 Å². The first-order chi connectivity index (χ1) is 13.7. The van der Waals surface area contributed by atoms with Crippen LogP contribution in [-0.2, 0) is 6.42 Å². The second-order valence-corrected chi connectivity index (χ2v) is 6.55. The zero-order valence-corrected chi connectivity index (χ0v) is 15.4. The third kappa shape index (κ3) is 2.34. The summed E-state index contributed by atoms with van der Waals surface area (Å²) in [5.41, 5.74) is 4.05. The summed E-state index contributed by atoms with van der Waals surface area (Å²) in [4.78, 5) is 21.9. The van der Waals surface area contributed by atoms with Crippen molar-refractivity contribution in [3.05, 3.63) is 70.7 Å². The van der Waals surface area contributed by atoms with Crippen molar-refractivity contribution < 1.29 is 0 Å². The number of H-pyrrole nitrogens is 1. The molecule has 0 unspecified atom stereocenters. The van der Waals surface area contributed by atoms with E-state index >= 15 is 0 Å². The van der Waals surface area contributed by atoms with Gasteiger partial charge in [-0.25, -0.2) is 14.1 Å². The van der Waals surface area contributed by atoms with Crippen molar-refractivity contribution in [2.75, 3.05) is 0 Å². The van der Waals surface area contributed by atoms with Gasteiger partial charge < -0.3 is 0 Å². The molecule has 0 amide bonds. The third-order valence-electron chi connectivity index (χ3n) is 4.82. The zero-order valence-electron chi connectivity index (χ0n) is 15.4. The highest BCUT2D eigenvalue weighted by atomic mass is 16.1. The highest BCUT2D eigenvalue weighted by Crippen LogP contribution is 2.28. The summed E-state index contributed by atoms with van der Waals surface area (Å²) in [6.45, 7) is 3.92. The largest absolute Gasteiger partial charge is 0.268 e. The zero-order chi connectivity index (χ0) is 19.3. The molecule has 8 heteroatoms. The predicted molar refractivity (Wildman–Crippen MR) is 106 cm³/mol. The number of rotatable bonds is 3. The van der Waals surface area contributed by atoms with Crippen LogP contribution in [0.25, 0.3) is 33.6 Å². The summed E-state index contributed by atoms with van der Waals surface area (Å²) >= 11 is 0. The summed E-state index contributed by atoms with van der Waals surface area (Å²) in [7, 11) is 0. The molecule has 1 aromatic carbocycles. The Morgan fingerprint density at radius 1 is 1.14 bits per heavy atom. The first kappa shape index (κ1) is 16.4. The van der Waals surface area contributed by atoms with Gasteiger partial charge in [0.1, 0.15) is 5.82 Å². The van der Waals surface area contributed by atoms with E-state index in [-0.39, 0.29) is 5.56 Å². The first-order valence-corrected chi connectivity index (χ1v) is 9.04. The molecule has 4 heterocycles. The van der Waals surface area contributed by atoms with Crippen LogP contribution < -0.4 is 5.56 Å². The van der Waals surface area contributed by atoms with Crippen molar-refractivity contribution in [3.63, 3.8) is 0 Å². The van der Waals surface area contributed by atoms with Crippen LogP contribution in [0.4, 0.5) is 0 Å². The van der Waals surface area contributed by atoms with Crippen molar-refractivity contribution in [2.24, 2.45) is 0 Å². The Morgan fingerprint density at radius 2 is 1.96 bits per heavy atom. The number of hydrogen-bond acceptors (Lipinski definition) is 5. The van der Waals surface area contributed by atoms with E-state index in [9.17, 15) is 4.79 Å². The van der Waals surface area contributed by atoms with Gasteiger partial charge in [0, 0.05) is 24.4 Å². The Kier molecular flexibility index (Phi) is 3.58. The van der Waals surface area contributed by atoms with Crippen LogP contribution in [0.15, 0.2) is 53.6 Å². The maximum atomic E-state index is 13.0. The maximum Gasteiger partial charge on any atom is 0.268 e. The molecule has 138 valence electrons. The molecule has 4 aromatic heterocycles. The fraction of sp³-hybridized carbons (Fsp3) is 0.150. The second kappa shape index (κ2) is 6.12. The van der Waals surface area contributed by atoms with Gasteiger partial charge in [0.05, 0.1) is 16.6 Å². The Labute approximate surface area is 159 Å². The van der Waals surface area contributed by atoms with Gasteiger partial charge in [0.15, 0.2) is 5.65 Å². The number of nitrogens with zero attached hydrogens (tertiary/aromatic N) is 6. The van der Waals surface area contributed by atoms with Gasteiger partial charge in [-0.3, -0.25) is 9.89 Å². The molecule has 0 bridgehead atoms. The van der Waals surface area contributed by atoms with Gasteiger partial charge in [0.25, 0.3) is 11.5 Å². The molecule has 1 N–H and O–H groups in total. The Bertz CT molecular complexity index is 1380. The lowest BCUT2D eigenvalue weighted by molar-refractivity contribution is 0.892. The van der Waals surface area contributed by atoms with E-state index in [1.54, 1.807) is 16.9 Å². The van der Waals surface area contributed by atoms with Gasteiger partial charge in [-0.1, -0.05) is 37.3 Å². The topological polar surface area (TPSA) is 93.8 Å². The Hall–Kier alpha value is -3.81. The minimum atomic E-state index is -0.233. The highest BCUT2D eigenvalue weighted by Gasteiger charge is 2.17. The lowest BCUT2D eigenvalue weighted by atomic mass is 10.1. The van der Waals surface area contributed by atoms with Crippen LogP contribution in [-0.4, -0.2) is 34.3 Å². The molecule has 0 aliphatic rings. The number of aromatic amines is 1. The first-order valence-electron chi connectivity index (χ1n) is 9.04. The SMILES string of the molecule is CCc1nc(-n2ccc3c(cnc4c(-c5ccccc5)c(C)nn43)c2=O)n[nH]1. The summed E-state index contributed by atoms with van der Waals surface area (Å²) in [6.07, 6.45) is 3.99. The standard InChI is InChI=1S/C20H17N7O/c1-3-16-22-20(24-23-16)26-10-9-15-14(19(26)28)11-21-18-17(12(2)25-27(15)18)13-7-5-4-6-8-13/h4-11H,3H2,1-2H3,(H,22,23,24). The van der Waals surface area contributed by atoms with Crippen LogP contribution in [0.5, 0.6) is 0 Å². The van der Waals surface area contributed by atoms with Crippen molar-refractivity contribution in [2.45, 2.75) is 20.3 Å². The van der Waals surface area contributed by atoms with E-state index in [0.717, 1.165) is 28.3 Å². The summed E-state index contributed by atoms with van der Waals surface area (Å²) in [5.74, 6) is 1.05. The lowest BCUT2D eigenvalue weighted by Crippen LogP contribution is -2.20. The van der Waals surface area contributed by atoms with Gasteiger partial charge in [-0.05, 0) is 18.6 Å². The van der Waals surface area contributed by atoms with Gasteiger partial charge >= 0.3 is 0 Å². The molecule has 8 nitrogen and oxygen atoms in total. The minimum Gasteiger partial charge on any atom is -0.268 e. The van der Waals surface area contributed by atoms with Gasteiger partial charge in [0.2, 0.25) is 0 Å². The lowest BCUT2D eigenvalue weighted by Gasteiger charge is -2.05. The molecule has 0 aliphatic heterocycles. The summed E-state index contributed by atoms with van der Waals surface area (Å²) in [6, 6.07) is 11.8. The average Bonchev–Trinajstić information content (AvgIpc) is 3.32. The maximum absolute atomic E-state index is 13.0. The number of fused-ring (bicyclic) bond motifs is 3. The van der Waals surface area contributed by atoms with E-state index in [2.05, 4.69) is 25.3 Å². The van der Waals surface area contributed by atoms with Crippen LogP contribution in [0.2, 0.25) is 0 Å². The molecule has 0 spiro atoms. The molecule has 5 aromatic rings. The molecule has 0 fully saturated rings. The third-order valence-corrected chi connectivity index (χ3v) is 4.82. The predicted octanol–water partition coefficient (Wildman–Crippen LogP) is 2.69. The summed E-state index contributed by atoms with van der Waals surface area (Å²) < 4.78 is 3.15. The normalized spacial score (nSPS) is 11.5. The molecule has 5 rings (SSSR count). The molecule has 0 atom stereocenters. The monoisotopic (exact) mass is 371 g/mol. The number of aryl methyl sites for hydroxylation is 2. The average molecular weight is 371 g/mol. The number of hydrogen-bond donors (Lipinski definition) is 1. The van der Waals surface area contributed by atoms with Crippen LogP contribution >= 0.6 is 0 Å². The van der Waals surface area contributed by atoms with Crippen molar-refractivity contribution in [1.82, 2.24) is 34.3 Å². The fourth-order valence-electron chi connectivity index (χ4n) is 3.43. The number of pyridine rings is 1.